The standard InChI is InChI=1S/C46H52N8O5/c1-6-23-52-30-43(57)53-39(24-33-15-19-36(55)20-16-33)45(58)51(29-41(53)54(52)42(56)22-17-32-11-8-7-9-12-32)27-35-13-10-14-37-38(28-49(4)44(35)37)34-18-21-40(47-25-34)48-46(59)50(5)26-31(2)3/h6-16,18-21,25,28,31,39,41,55H,1,17,22-24,26-27,29-30H2,2-5H3,(H,47,48,59)/t39-,41-/m0/s1. The van der Waals surface area contributed by atoms with Crippen LogP contribution in [-0.2, 0) is 40.8 Å². The fourth-order valence-electron chi connectivity index (χ4n) is 8.35. The van der Waals surface area contributed by atoms with E-state index in [9.17, 15) is 24.3 Å². The number of hydrogen-bond donors (Lipinski definition) is 2. The van der Waals surface area contributed by atoms with E-state index in [0.29, 0.717) is 24.7 Å². The summed E-state index contributed by atoms with van der Waals surface area (Å²) in [6, 6.07) is 25.1. The summed E-state index contributed by atoms with van der Waals surface area (Å²) in [7, 11) is 3.73. The number of nitrogens with one attached hydrogen (secondary N) is 1. The predicted molar refractivity (Wildman–Crippen MR) is 228 cm³/mol. The molecule has 0 aliphatic carbocycles. The first-order valence-corrected chi connectivity index (χ1v) is 20.1. The van der Waals surface area contributed by atoms with Gasteiger partial charge in [-0.3, -0.25) is 19.7 Å². The molecule has 4 heterocycles. The van der Waals surface area contributed by atoms with Crippen molar-refractivity contribution in [3.05, 3.63) is 127 Å². The van der Waals surface area contributed by atoms with Gasteiger partial charge in [-0.25, -0.2) is 19.8 Å². The number of aromatic nitrogens is 2. The molecule has 0 saturated carbocycles. The Morgan fingerprint density at radius 1 is 1.00 bits per heavy atom. The molecule has 13 nitrogen and oxygen atoms in total. The molecule has 5 amide bonds. The van der Waals surface area contributed by atoms with Gasteiger partial charge in [-0.05, 0) is 53.3 Å². The van der Waals surface area contributed by atoms with Crippen LogP contribution in [-0.4, -0.2) is 109 Å². The van der Waals surface area contributed by atoms with E-state index in [2.05, 4.69) is 30.7 Å². The number of carbonyl (C=O) groups is 4. The Labute approximate surface area is 345 Å². The van der Waals surface area contributed by atoms with Gasteiger partial charge < -0.3 is 24.4 Å². The lowest BCUT2D eigenvalue weighted by atomic mass is 9.97. The lowest BCUT2D eigenvalue weighted by Crippen LogP contribution is -2.75. The Balaban J connectivity index is 1.20. The van der Waals surface area contributed by atoms with Crippen molar-refractivity contribution >= 4 is 40.5 Å². The number of amides is 5. The molecular formula is C46H52N8O5. The number of hydrazine groups is 1. The summed E-state index contributed by atoms with van der Waals surface area (Å²) in [5, 5.41) is 17.3. The highest BCUT2D eigenvalue weighted by atomic mass is 16.3. The number of urea groups is 1. The van der Waals surface area contributed by atoms with Crippen LogP contribution >= 0.6 is 0 Å². The lowest BCUT2D eigenvalue weighted by Gasteiger charge is -2.55. The van der Waals surface area contributed by atoms with E-state index in [1.807, 2.05) is 72.4 Å². The summed E-state index contributed by atoms with van der Waals surface area (Å²) in [5.74, 6) is 0.291. The third kappa shape index (κ3) is 8.85. The molecule has 2 saturated heterocycles. The molecule has 3 aromatic carbocycles. The van der Waals surface area contributed by atoms with E-state index in [1.54, 1.807) is 74.4 Å². The Bertz CT molecular complexity index is 2330. The van der Waals surface area contributed by atoms with Crippen LogP contribution in [0.15, 0.2) is 110 Å². The Morgan fingerprint density at radius 2 is 1.76 bits per heavy atom. The summed E-state index contributed by atoms with van der Waals surface area (Å²) in [4.78, 5) is 65.4. The normalized spacial score (nSPS) is 17.1. The smallest absolute Gasteiger partial charge is 0.322 e. The molecule has 0 bridgehead atoms. The van der Waals surface area contributed by atoms with Crippen molar-refractivity contribution in [1.82, 2.24) is 34.3 Å². The number of nitrogens with zero attached hydrogens (tertiary/aromatic N) is 7. The van der Waals surface area contributed by atoms with Gasteiger partial charge in [-0.2, -0.15) is 0 Å². The summed E-state index contributed by atoms with van der Waals surface area (Å²) in [6.07, 6.45) is 5.66. The van der Waals surface area contributed by atoms with Crippen LogP contribution in [0.4, 0.5) is 10.6 Å². The highest BCUT2D eigenvalue weighted by Gasteiger charge is 2.51. The molecule has 2 aliphatic rings. The van der Waals surface area contributed by atoms with Crippen LogP contribution in [0.5, 0.6) is 5.75 Å². The second-order valence-corrected chi connectivity index (χ2v) is 15.9. The number of aromatic hydroxyl groups is 1. The number of pyridine rings is 1. The highest BCUT2D eigenvalue weighted by molar-refractivity contribution is 5.98. The maximum absolute atomic E-state index is 14.7. The number of fused-ring (bicyclic) bond motifs is 2. The number of anilines is 1. The van der Waals surface area contributed by atoms with Gasteiger partial charge in [0, 0.05) is 75.5 Å². The monoisotopic (exact) mass is 796 g/mol. The predicted octanol–water partition coefficient (Wildman–Crippen LogP) is 6.05. The van der Waals surface area contributed by atoms with Crippen molar-refractivity contribution in [2.45, 2.75) is 51.9 Å². The Morgan fingerprint density at radius 3 is 2.46 bits per heavy atom. The minimum absolute atomic E-state index is 0.0677. The highest BCUT2D eigenvalue weighted by Crippen LogP contribution is 2.35. The van der Waals surface area contributed by atoms with Gasteiger partial charge in [0.25, 0.3) is 0 Å². The van der Waals surface area contributed by atoms with E-state index in [-0.39, 0.29) is 68.5 Å². The number of phenolic OH excluding ortho intramolecular Hbond substituents is 1. The van der Waals surface area contributed by atoms with Crippen molar-refractivity contribution in [1.29, 1.82) is 0 Å². The van der Waals surface area contributed by atoms with Gasteiger partial charge in [-0.1, -0.05) is 80.6 Å². The second kappa shape index (κ2) is 17.6. The number of phenols is 1. The molecule has 2 fully saturated rings. The summed E-state index contributed by atoms with van der Waals surface area (Å²) in [5.41, 5.74) is 5.46. The molecule has 5 aromatic rings. The number of aryl methyl sites for hydroxylation is 2. The van der Waals surface area contributed by atoms with Crippen LogP contribution in [0.2, 0.25) is 0 Å². The van der Waals surface area contributed by atoms with Crippen LogP contribution in [0.3, 0.4) is 0 Å². The molecule has 7 rings (SSSR count). The second-order valence-electron chi connectivity index (χ2n) is 15.9. The Hall–Kier alpha value is -6.47. The SMILES string of the molecule is C=CCN1CC(=O)N2[C@@H](Cc3ccc(O)cc3)C(=O)N(Cc3cccc4c(-c5ccc(NC(=O)N(C)CC(C)C)nc5)cn(C)c34)C[C@@H]2N1C(=O)CCc1ccccc1. The number of benzene rings is 3. The third-order valence-corrected chi connectivity index (χ3v) is 11.0. The number of carbonyl (C=O) groups excluding carboxylic acids is 4. The van der Waals surface area contributed by atoms with Crippen LogP contribution in [0.1, 0.15) is 37.0 Å². The summed E-state index contributed by atoms with van der Waals surface area (Å²) in [6.45, 7) is 9.21. The molecule has 0 spiro atoms. The zero-order chi connectivity index (χ0) is 41.8. The van der Waals surface area contributed by atoms with E-state index < -0.39 is 12.2 Å². The zero-order valence-corrected chi connectivity index (χ0v) is 34.1. The molecule has 0 unspecified atom stereocenters. The first-order valence-electron chi connectivity index (χ1n) is 20.1. The first-order chi connectivity index (χ1) is 28.4. The van der Waals surface area contributed by atoms with E-state index in [4.69, 9.17) is 0 Å². The molecular weight excluding hydrogens is 745 g/mol. The minimum atomic E-state index is -0.889. The van der Waals surface area contributed by atoms with Gasteiger partial charge in [-0.15, -0.1) is 6.58 Å². The van der Waals surface area contributed by atoms with E-state index in [1.165, 1.54) is 0 Å². The maximum Gasteiger partial charge on any atom is 0.322 e. The molecule has 2 atom stereocenters. The fraction of sp³-hybridized carbons (Fsp3) is 0.326. The number of piperazine rings is 1. The van der Waals surface area contributed by atoms with Gasteiger partial charge in [0.15, 0.2) is 0 Å². The zero-order valence-electron chi connectivity index (χ0n) is 34.1. The summed E-state index contributed by atoms with van der Waals surface area (Å²) < 4.78 is 2.04. The van der Waals surface area contributed by atoms with Crippen LogP contribution in [0, 0.1) is 5.92 Å². The van der Waals surface area contributed by atoms with Gasteiger partial charge in [0.05, 0.1) is 18.6 Å². The van der Waals surface area contributed by atoms with E-state index >= 15 is 0 Å². The molecule has 2 aromatic heterocycles. The Kier molecular flexibility index (Phi) is 12.1. The summed E-state index contributed by atoms with van der Waals surface area (Å²) >= 11 is 0. The van der Waals surface area contributed by atoms with Crippen molar-refractivity contribution in [2.75, 3.05) is 38.5 Å². The lowest BCUT2D eigenvalue weighted by molar-refractivity contribution is -0.205. The maximum atomic E-state index is 14.7. The molecule has 306 valence electrons. The largest absolute Gasteiger partial charge is 0.508 e. The fourth-order valence-corrected chi connectivity index (χ4v) is 8.35. The third-order valence-electron chi connectivity index (χ3n) is 11.0. The topological polar surface area (TPSA) is 135 Å². The molecule has 59 heavy (non-hydrogen) atoms. The van der Waals surface area contributed by atoms with Gasteiger partial charge >= 0.3 is 6.03 Å². The van der Waals surface area contributed by atoms with Crippen molar-refractivity contribution in [3.8, 4) is 16.9 Å². The van der Waals surface area contributed by atoms with Crippen LogP contribution < -0.4 is 5.32 Å². The minimum Gasteiger partial charge on any atom is -0.508 e. The number of hydrogen-bond acceptors (Lipinski definition) is 7. The van der Waals surface area contributed by atoms with Crippen LogP contribution in [0.25, 0.3) is 22.0 Å². The molecule has 0 radical (unpaired) electrons. The average Bonchev–Trinajstić information content (AvgIpc) is 3.56. The molecule has 2 aliphatic heterocycles. The molecule has 2 N–H and O–H groups in total. The van der Waals surface area contributed by atoms with Gasteiger partial charge in [0.1, 0.15) is 23.8 Å². The van der Waals surface area contributed by atoms with Crippen molar-refractivity contribution in [3.63, 3.8) is 0 Å². The van der Waals surface area contributed by atoms with E-state index in [0.717, 1.165) is 38.7 Å². The number of para-hydroxylation sites is 1. The number of rotatable bonds is 13. The average molecular weight is 797 g/mol. The van der Waals surface area contributed by atoms with Crippen molar-refractivity contribution in [2.24, 2.45) is 13.0 Å². The molecule has 13 heteroatoms. The quantitative estimate of drug-likeness (QED) is 0.139. The van der Waals surface area contributed by atoms with Crippen molar-refractivity contribution < 1.29 is 24.3 Å². The first kappa shape index (κ1) is 40.7. The van der Waals surface area contributed by atoms with Gasteiger partial charge in [0.2, 0.25) is 17.7 Å².